The van der Waals surface area contributed by atoms with Crippen LogP contribution >= 0.6 is 0 Å². The average molecular weight is 250 g/mol. The molecule has 4 heteroatoms. The summed E-state index contributed by atoms with van der Waals surface area (Å²) in [5.41, 5.74) is 1.16. The molecule has 0 unspecified atom stereocenters. The standard InChI is InChI=1S/C14H22N2O2/c1-11(2)9-13(17)14(18)16-8-4-6-12-5-3-7-15-10-12/h3,5,7,10-11,13,17H,4,6,8-9H2,1-2H3,(H,16,18)/t13-/m1/s1. The number of aliphatic hydroxyl groups is 1. The normalized spacial score (nSPS) is 12.4. The van der Waals surface area contributed by atoms with Crippen molar-refractivity contribution in [1.29, 1.82) is 0 Å². The van der Waals surface area contributed by atoms with Gasteiger partial charge in [-0.1, -0.05) is 19.9 Å². The number of carbonyl (C=O) groups is 1. The molecule has 18 heavy (non-hydrogen) atoms. The molecule has 1 aromatic rings. The van der Waals surface area contributed by atoms with Crippen LogP contribution in [0.3, 0.4) is 0 Å². The number of hydrogen-bond donors (Lipinski definition) is 2. The van der Waals surface area contributed by atoms with E-state index in [1.54, 1.807) is 6.20 Å². The Labute approximate surface area is 108 Å². The summed E-state index contributed by atoms with van der Waals surface area (Å²) in [5, 5.41) is 12.3. The Morgan fingerprint density at radius 2 is 2.28 bits per heavy atom. The minimum atomic E-state index is -0.886. The van der Waals surface area contributed by atoms with Crippen LogP contribution in [-0.4, -0.2) is 28.6 Å². The predicted octanol–water partition coefficient (Wildman–Crippen LogP) is 1.54. The molecule has 0 radical (unpaired) electrons. The van der Waals surface area contributed by atoms with Crippen LogP contribution in [0.4, 0.5) is 0 Å². The minimum absolute atomic E-state index is 0.269. The van der Waals surface area contributed by atoms with Crippen LogP contribution in [0, 0.1) is 5.92 Å². The molecule has 1 rings (SSSR count). The number of pyridine rings is 1. The van der Waals surface area contributed by atoms with Crippen LogP contribution in [0.2, 0.25) is 0 Å². The van der Waals surface area contributed by atoms with Gasteiger partial charge in [0.25, 0.3) is 0 Å². The van der Waals surface area contributed by atoms with Crippen molar-refractivity contribution in [2.24, 2.45) is 5.92 Å². The smallest absolute Gasteiger partial charge is 0.248 e. The van der Waals surface area contributed by atoms with E-state index in [9.17, 15) is 9.90 Å². The Bertz CT molecular complexity index is 352. The maximum atomic E-state index is 11.5. The van der Waals surface area contributed by atoms with Gasteiger partial charge in [-0.2, -0.15) is 0 Å². The Kier molecular flexibility index (Phi) is 6.36. The summed E-state index contributed by atoms with van der Waals surface area (Å²) in [5.74, 6) is 0.0519. The summed E-state index contributed by atoms with van der Waals surface area (Å²) in [7, 11) is 0. The van der Waals surface area contributed by atoms with Gasteiger partial charge in [-0.15, -0.1) is 0 Å². The van der Waals surface area contributed by atoms with Gasteiger partial charge in [-0.05, 0) is 36.8 Å². The van der Waals surface area contributed by atoms with Gasteiger partial charge < -0.3 is 10.4 Å². The largest absolute Gasteiger partial charge is 0.383 e. The van der Waals surface area contributed by atoms with Gasteiger partial charge in [0.15, 0.2) is 0 Å². The Hall–Kier alpha value is -1.42. The van der Waals surface area contributed by atoms with E-state index in [0.717, 1.165) is 18.4 Å². The monoisotopic (exact) mass is 250 g/mol. The van der Waals surface area contributed by atoms with Gasteiger partial charge in [-0.3, -0.25) is 9.78 Å². The molecule has 1 amide bonds. The maximum Gasteiger partial charge on any atom is 0.248 e. The molecule has 2 N–H and O–H groups in total. The third-order valence-electron chi connectivity index (χ3n) is 2.66. The van der Waals surface area contributed by atoms with Crippen molar-refractivity contribution in [1.82, 2.24) is 10.3 Å². The molecule has 1 aromatic heterocycles. The number of hydrogen-bond acceptors (Lipinski definition) is 3. The molecular weight excluding hydrogens is 228 g/mol. The van der Waals surface area contributed by atoms with Crippen molar-refractivity contribution < 1.29 is 9.90 Å². The number of aromatic nitrogens is 1. The molecule has 0 aromatic carbocycles. The predicted molar refractivity (Wildman–Crippen MR) is 71.0 cm³/mol. The number of rotatable bonds is 7. The molecule has 0 bridgehead atoms. The fourth-order valence-corrected chi connectivity index (χ4v) is 1.72. The minimum Gasteiger partial charge on any atom is -0.383 e. The van der Waals surface area contributed by atoms with Crippen LogP contribution in [0.25, 0.3) is 0 Å². The van der Waals surface area contributed by atoms with Crippen molar-refractivity contribution in [3.8, 4) is 0 Å². The highest BCUT2D eigenvalue weighted by Gasteiger charge is 2.15. The maximum absolute atomic E-state index is 11.5. The van der Waals surface area contributed by atoms with Crippen LogP contribution in [0.1, 0.15) is 32.3 Å². The lowest BCUT2D eigenvalue weighted by Gasteiger charge is -2.13. The second-order valence-electron chi connectivity index (χ2n) is 4.90. The lowest BCUT2D eigenvalue weighted by atomic mass is 10.1. The van der Waals surface area contributed by atoms with E-state index in [1.165, 1.54) is 0 Å². The van der Waals surface area contributed by atoms with E-state index in [2.05, 4.69) is 10.3 Å². The highest BCUT2D eigenvalue weighted by atomic mass is 16.3. The molecule has 1 heterocycles. The average Bonchev–Trinajstić information content (AvgIpc) is 2.34. The van der Waals surface area contributed by atoms with E-state index in [1.807, 2.05) is 32.2 Å². The Balaban J connectivity index is 2.16. The van der Waals surface area contributed by atoms with Crippen molar-refractivity contribution in [2.75, 3.05) is 6.54 Å². The number of nitrogens with one attached hydrogen (secondary N) is 1. The topological polar surface area (TPSA) is 62.2 Å². The van der Waals surface area contributed by atoms with Crippen LogP contribution in [-0.2, 0) is 11.2 Å². The SMILES string of the molecule is CC(C)C[C@@H](O)C(=O)NCCCc1cccnc1. The van der Waals surface area contributed by atoms with E-state index in [-0.39, 0.29) is 5.91 Å². The van der Waals surface area contributed by atoms with Crippen molar-refractivity contribution >= 4 is 5.91 Å². The highest BCUT2D eigenvalue weighted by Crippen LogP contribution is 2.04. The zero-order valence-corrected chi connectivity index (χ0v) is 11.1. The van der Waals surface area contributed by atoms with Gasteiger partial charge in [0, 0.05) is 18.9 Å². The zero-order valence-electron chi connectivity index (χ0n) is 11.1. The third-order valence-corrected chi connectivity index (χ3v) is 2.66. The number of aliphatic hydroxyl groups excluding tert-OH is 1. The number of aryl methyl sites for hydroxylation is 1. The Morgan fingerprint density at radius 3 is 2.89 bits per heavy atom. The first-order valence-electron chi connectivity index (χ1n) is 6.44. The molecule has 100 valence electrons. The van der Waals surface area contributed by atoms with Crippen LogP contribution in [0.15, 0.2) is 24.5 Å². The fourth-order valence-electron chi connectivity index (χ4n) is 1.72. The van der Waals surface area contributed by atoms with Gasteiger partial charge >= 0.3 is 0 Å². The van der Waals surface area contributed by atoms with E-state index in [0.29, 0.717) is 18.9 Å². The number of nitrogens with zero attached hydrogens (tertiary/aromatic N) is 1. The second kappa shape index (κ2) is 7.82. The number of amides is 1. The van der Waals surface area contributed by atoms with Crippen molar-refractivity contribution in [3.63, 3.8) is 0 Å². The summed E-state index contributed by atoms with van der Waals surface area (Å²) in [6.45, 7) is 4.56. The first-order chi connectivity index (χ1) is 8.59. The molecule has 4 nitrogen and oxygen atoms in total. The molecule has 0 aliphatic rings. The molecule has 0 fully saturated rings. The quantitative estimate of drug-likeness (QED) is 0.722. The molecule has 0 aliphatic carbocycles. The van der Waals surface area contributed by atoms with Crippen molar-refractivity contribution in [2.45, 2.75) is 39.2 Å². The second-order valence-corrected chi connectivity index (χ2v) is 4.90. The fraction of sp³-hybridized carbons (Fsp3) is 0.571. The van der Waals surface area contributed by atoms with E-state index < -0.39 is 6.10 Å². The van der Waals surface area contributed by atoms with Gasteiger partial charge in [-0.25, -0.2) is 0 Å². The molecule has 0 saturated carbocycles. The van der Waals surface area contributed by atoms with Gasteiger partial charge in [0.1, 0.15) is 6.10 Å². The summed E-state index contributed by atoms with van der Waals surface area (Å²) in [6.07, 6.45) is 4.93. The molecule has 1 atom stereocenters. The first kappa shape index (κ1) is 14.6. The molecular formula is C14H22N2O2. The first-order valence-corrected chi connectivity index (χ1v) is 6.44. The molecule has 0 saturated heterocycles. The van der Waals surface area contributed by atoms with Gasteiger partial charge in [0.05, 0.1) is 0 Å². The van der Waals surface area contributed by atoms with Crippen molar-refractivity contribution in [3.05, 3.63) is 30.1 Å². The van der Waals surface area contributed by atoms with Crippen LogP contribution in [0.5, 0.6) is 0 Å². The van der Waals surface area contributed by atoms with E-state index >= 15 is 0 Å². The lowest BCUT2D eigenvalue weighted by Crippen LogP contribution is -2.36. The third kappa shape index (κ3) is 5.77. The highest BCUT2D eigenvalue weighted by molar-refractivity contribution is 5.80. The van der Waals surface area contributed by atoms with E-state index in [4.69, 9.17) is 0 Å². The lowest BCUT2D eigenvalue weighted by molar-refractivity contribution is -0.130. The molecule has 0 aliphatic heterocycles. The zero-order chi connectivity index (χ0) is 13.4. The summed E-state index contributed by atoms with van der Waals surface area (Å²) >= 11 is 0. The van der Waals surface area contributed by atoms with Gasteiger partial charge in [0.2, 0.25) is 5.91 Å². The van der Waals surface area contributed by atoms with Crippen LogP contribution < -0.4 is 5.32 Å². The summed E-state index contributed by atoms with van der Waals surface area (Å²) in [4.78, 5) is 15.5. The molecule has 0 spiro atoms. The summed E-state index contributed by atoms with van der Waals surface area (Å²) < 4.78 is 0. The number of carbonyl (C=O) groups excluding carboxylic acids is 1. The Morgan fingerprint density at radius 1 is 1.50 bits per heavy atom. The summed E-state index contributed by atoms with van der Waals surface area (Å²) in [6, 6.07) is 3.92.